The molecule has 0 amide bonds. The monoisotopic (exact) mass is 349 g/mol. The molecule has 2 aromatic rings. The lowest BCUT2D eigenvalue weighted by molar-refractivity contribution is 1.27. The van der Waals surface area contributed by atoms with Gasteiger partial charge in [0, 0.05) is 22.2 Å². The summed E-state index contributed by atoms with van der Waals surface area (Å²) in [6.07, 6.45) is 0.855. The third-order valence-electron chi connectivity index (χ3n) is 3.15. The number of nitrogens with zero attached hydrogens (tertiary/aromatic N) is 1. The van der Waals surface area contributed by atoms with E-state index in [0.29, 0.717) is 0 Å². The molecule has 0 heterocycles. The Hall–Kier alpha value is -1.09. The van der Waals surface area contributed by atoms with Gasteiger partial charge in [-0.2, -0.15) is 0 Å². The van der Waals surface area contributed by atoms with Crippen molar-refractivity contribution in [1.29, 1.82) is 0 Å². The van der Waals surface area contributed by atoms with Crippen LogP contribution in [0.5, 0.6) is 0 Å². The molecule has 116 valence electrons. The average Bonchev–Trinajstić information content (AvgIpc) is 2.39. The number of hydrogen-bond acceptors (Lipinski definition) is 1. The van der Waals surface area contributed by atoms with Crippen LogP contribution in [-0.4, -0.2) is 13.8 Å². The maximum atomic E-state index is 6.06. The summed E-state index contributed by atoms with van der Waals surface area (Å²) in [6.45, 7) is 7.09. The fourth-order valence-electron chi connectivity index (χ4n) is 2.32. The third-order valence-corrected chi connectivity index (χ3v) is 5.11. The van der Waals surface area contributed by atoms with E-state index in [-0.39, 0.29) is 0 Å². The smallest absolute Gasteiger partial charge is 0.0643 e. The Morgan fingerprint density at radius 1 is 0.955 bits per heavy atom. The van der Waals surface area contributed by atoms with Crippen molar-refractivity contribution in [2.45, 2.75) is 32.1 Å². The molecule has 22 heavy (non-hydrogen) atoms. The van der Waals surface area contributed by atoms with E-state index in [2.05, 4.69) is 31.8 Å². The van der Waals surface area contributed by atoms with Crippen LogP contribution in [0, 0.1) is 0 Å². The zero-order valence-electron chi connectivity index (χ0n) is 13.2. The summed E-state index contributed by atoms with van der Waals surface area (Å²) in [5.74, 6) is 0. The lowest BCUT2D eigenvalue weighted by Crippen LogP contribution is -2.25. The molecule has 0 aliphatic carbocycles. The van der Waals surface area contributed by atoms with Gasteiger partial charge in [0.05, 0.1) is 13.8 Å². The molecule has 0 saturated heterocycles. The minimum Gasteiger partial charge on any atom is -0.258 e. The maximum Gasteiger partial charge on any atom is 0.0643 e. The average molecular weight is 350 g/mol. The highest BCUT2D eigenvalue weighted by molar-refractivity contribution is 6.79. The summed E-state index contributed by atoms with van der Waals surface area (Å²) >= 11 is 12.0. The standard InChI is InChI=1S/C18H21Cl2NSi/c1-22(2,3)13-18(11-14-7-9-15(19)10-8-14)21-17-6-4-5-16(20)12-17/h4-10,12H,11,13H2,1-3H3. The van der Waals surface area contributed by atoms with Crippen molar-refractivity contribution in [2.75, 3.05) is 0 Å². The van der Waals surface area contributed by atoms with Crippen LogP contribution in [0.15, 0.2) is 53.5 Å². The van der Waals surface area contributed by atoms with Gasteiger partial charge in [0.2, 0.25) is 0 Å². The molecular formula is C18H21Cl2NSi. The topological polar surface area (TPSA) is 12.4 Å². The van der Waals surface area contributed by atoms with Crippen LogP contribution in [0.4, 0.5) is 5.69 Å². The molecule has 0 atom stereocenters. The van der Waals surface area contributed by atoms with Gasteiger partial charge in [0.25, 0.3) is 0 Å². The number of hydrogen-bond donors (Lipinski definition) is 0. The van der Waals surface area contributed by atoms with Crippen LogP contribution in [0.2, 0.25) is 35.7 Å². The summed E-state index contributed by atoms with van der Waals surface area (Å²) < 4.78 is 0. The fourth-order valence-corrected chi connectivity index (χ4v) is 4.06. The van der Waals surface area contributed by atoms with Crippen molar-refractivity contribution < 1.29 is 0 Å². The van der Waals surface area contributed by atoms with E-state index in [9.17, 15) is 0 Å². The van der Waals surface area contributed by atoms with Crippen molar-refractivity contribution in [3.05, 3.63) is 64.1 Å². The van der Waals surface area contributed by atoms with E-state index < -0.39 is 8.07 Å². The van der Waals surface area contributed by atoms with Gasteiger partial charge in [-0.1, -0.05) is 61.0 Å². The quantitative estimate of drug-likeness (QED) is 0.423. The van der Waals surface area contributed by atoms with Gasteiger partial charge < -0.3 is 0 Å². The molecule has 2 aromatic carbocycles. The number of benzene rings is 2. The summed E-state index contributed by atoms with van der Waals surface area (Å²) in [6, 6.07) is 16.8. The molecule has 0 aromatic heterocycles. The molecular weight excluding hydrogens is 329 g/mol. The first-order valence-corrected chi connectivity index (χ1v) is 11.8. The molecule has 4 heteroatoms. The fraction of sp³-hybridized carbons (Fsp3) is 0.278. The van der Waals surface area contributed by atoms with Gasteiger partial charge in [-0.25, -0.2) is 0 Å². The molecule has 0 aliphatic heterocycles. The molecule has 0 spiro atoms. The normalized spacial score (nSPS) is 12.5. The predicted octanol–water partition coefficient (Wildman–Crippen LogP) is 6.65. The third kappa shape index (κ3) is 5.96. The molecule has 1 nitrogen and oxygen atoms in total. The summed E-state index contributed by atoms with van der Waals surface area (Å²) in [7, 11) is -1.24. The first-order valence-electron chi connectivity index (χ1n) is 7.38. The highest BCUT2D eigenvalue weighted by Crippen LogP contribution is 2.22. The first kappa shape index (κ1) is 17.3. The Bertz CT molecular complexity index is 658. The minimum absolute atomic E-state index is 0.722. The molecule has 2 rings (SSSR count). The van der Waals surface area contributed by atoms with Gasteiger partial charge in [-0.3, -0.25) is 4.99 Å². The predicted molar refractivity (Wildman–Crippen MR) is 102 cm³/mol. The second-order valence-electron chi connectivity index (χ2n) is 6.70. The Morgan fingerprint density at radius 2 is 1.64 bits per heavy atom. The minimum atomic E-state index is -1.24. The lowest BCUT2D eigenvalue weighted by atomic mass is 10.1. The SMILES string of the molecule is C[Si](C)(C)CC(Cc1ccc(Cl)cc1)=Nc1cccc(Cl)c1. The molecule has 0 unspecified atom stereocenters. The first-order chi connectivity index (χ1) is 10.3. The van der Waals surface area contributed by atoms with Crippen LogP contribution < -0.4 is 0 Å². The molecule has 0 aliphatic rings. The van der Waals surface area contributed by atoms with E-state index in [1.165, 1.54) is 11.3 Å². The number of halogens is 2. The number of aliphatic imine (C=N–C) groups is 1. The van der Waals surface area contributed by atoms with Crippen molar-refractivity contribution in [1.82, 2.24) is 0 Å². The highest BCUT2D eigenvalue weighted by Gasteiger charge is 2.17. The van der Waals surface area contributed by atoms with E-state index in [0.717, 1.165) is 28.2 Å². The summed E-state index contributed by atoms with van der Waals surface area (Å²) in [5, 5.41) is 1.49. The summed E-state index contributed by atoms with van der Waals surface area (Å²) in [5.41, 5.74) is 3.38. The molecule has 0 saturated carbocycles. The molecule has 0 N–H and O–H groups in total. The van der Waals surface area contributed by atoms with Gasteiger partial charge in [0.1, 0.15) is 0 Å². The van der Waals surface area contributed by atoms with Gasteiger partial charge >= 0.3 is 0 Å². The second-order valence-corrected chi connectivity index (χ2v) is 13.0. The lowest BCUT2D eigenvalue weighted by Gasteiger charge is -2.18. The van der Waals surface area contributed by atoms with Crippen LogP contribution in [0.25, 0.3) is 0 Å². The van der Waals surface area contributed by atoms with Crippen molar-refractivity contribution >= 4 is 42.7 Å². The zero-order chi connectivity index (χ0) is 16.2. The number of rotatable bonds is 5. The Kier molecular flexibility index (Phi) is 5.85. The maximum absolute atomic E-state index is 6.06. The summed E-state index contributed by atoms with van der Waals surface area (Å²) in [4.78, 5) is 4.86. The Morgan fingerprint density at radius 3 is 2.23 bits per heavy atom. The zero-order valence-corrected chi connectivity index (χ0v) is 15.7. The molecule has 0 bridgehead atoms. The van der Waals surface area contributed by atoms with E-state index in [1.54, 1.807) is 0 Å². The molecule has 0 fully saturated rings. The van der Waals surface area contributed by atoms with Gasteiger partial charge in [-0.15, -0.1) is 0 Å². The van der Waals surface area contributed by atoms with Crippen LogP contribution in [-0.2, 0) is 6.42 Å². The Balaban J connectivity index is 2.27. The van der Waals surface area contributed by atoms with E-state index >= 15 is 0 Å². The van der Waals surface area contributed by atoms with Crippen LogP contribution in [0.3, 0.4) is 0 Å². The largest absolute Gasteiger partial charge is 0.258 e. The van der Waals surface area contributed by atoms with Crippen LogP contribution in [0.1, 0.15) is 5.56 Å². The molecule has 0 radical (unpaired) electrons. The van der Waals surface area contributed by atoms with E-state index in [4.69, 9.17) is 28.2 Å². The van der Waals surface area contributed by atoms with Crippen LogP contribution >= 0.6 is 23.2 Å². The van der Waals surface area contributed by atoms with Crippen molar-refractivity contribution in [3.8, 4) is 0 Å². The van der Waals surface area contributed by atoms with Gasteiger partial charge in [-0.05, 0) is 41.9 Å². The Labute approximate surface area is 144 Å². The van der Waals surface area contributed by atoms with E-state index in [1.807, 2.05) is 36.4 Å². The highest BCUT2D eigenvalue weighted by atomic mass is 35.5. The van der Waals surface area contributed by atoms with Crippen molar-refractivity contribution in [2.24, 2.45) is 4.99 Å². The van der Waals surface area contributed by atoms with Gasteiger partial charge in [0.15, 0.2) is 0 Å². The second kappa shape index (κ2) is 7.45. The van der Waals surface area contributed by atoms with Crippen molar-refractivity contribution in [3.63, 3.8) is 0 Å².